The van der Waals surface area contributed by atoms with Crippen LogP contribution in [0.15, 0.2) is 35.3 Å². The van der Waals surface area contributed by atoms with Gasteiger partial charge in [-0.05, 0) is 12.5 Å². The predicted molar refractivity (Wildman–Crippen MR) is 84.2 cm³/mol. The van der Waals surface area contributed by atoms with Gasteiger partial charge in [0.05, 0.1) is 6.61 Å². The van der Waals surface area contributed by atoms with Crippen LogP contribution in [-0.2, 0) is 0 Å². The molecule has 3 aromatic rings. The predicted octanol–water partition coefficient (Wildman–Crippen LogP) is 2.60. The largest absolute Gasteiger partial charge is 0.476 e. The van der Waals surface area contributed by atoms with Crippen molar-refractivity contribution < 1.29 is 4.74 Å². The van der Waals surface area contributed by atoms with Gasteiger partial charge >= 0.3 is 0 Å². The van der Waals surface area contributed by atoms with Crippen LogP contribution in [0.1, 0.15) is 32.6 Å². The van der Waals surface area contributed by atoms with Gasteiger partial charge in [0.1, 0.15) is 6.20 Å². The fourth-order valence-corrected chi connectivity index (χ4v) is 2.41. The van der Waals surface area contributed by atoms with Crippen LogP contribution < -0.4 is 10.3 Å². The van der Waals surface area contributed by atoms with E-state index in [4.69, 9.17) is 4.74 Å². The molecule has 0 aliphatic heterocycles. The van der Waals surface area contributed by atoms with E-state index in [1.54, 1.807) is 0 Å². The second kappa shape index (κ2) is 6.51. The lowest BCUT2D eigenvalue weighted by molar-refractivity contribution is 0.293. The van der Waals surface area contributed by atoms with Gasteiger partial charge in [0.15, 0.2) is 5.65 Å². The SMILES string of the molecule is CCCCCCOc1nn2c(=O)cnnc2c2ccccc12. The van der Waals surface area contributed by atoms with Crippen LogP contribution in [-0.4, -0.2) is 26.4 Å². The molecule has 0 radical (unpaired) electrons. The first kappa shape index (κ1) is 14.4. The number of unbranched alkanes of at least 4 members (excludes halogenated alkanes) is 3. The molecular weight excluding hydrogens is 280 g/mol. The third-order valence-electron chi connectivity index (χ3n) is 3.56. The van der Waals surface area contributed by atoms with Gasteiger partial charge in [-0.2, -0.15) is 9.61 Å². The third kappa shape index (κ3) is 2.77. The zero-order valence-corrected chi connectivity index (χ0v) is 12.5. The van der Waals surface area contributed by atoms with E-state index in [1.807, 2.05) is 24.3 Å². The molecule has 6 nitrogen and oxygen atoms in total. The van der Waals surface area contributed by atoms with Gasteiger partial charge in [0.2, 0.25) is 5.88 Å². The van der Waals surface area contributed by atoms with E-state index in [0.29, 0.717) is 18.1 Å². The Kier molecular flexibility index (Phi) is 4.27. The molecule has 6 heteroatoms. The number of rotatable bonds is 6. The Balaban J connectivity index is 2.00. The molecule has 0 atom stereocenters. The van der Waals surface area contributed by atoms with E-state index in [0.717, 1.165) is 29.8 Å². The van der Waals surface area contributed by atoms with E-state index in [2.05, 4.69) is 22.2 Å². The molecule has 0 N–H and O–H groups in total. The Hall–Kier alpha value is -2.50. The van der Waals surface area contributed by atoms with Crippen LogP contribution in [0.2, 0.25) is 0 Å². The highest BCUT2D eigenvalue weighted by Gasteiger charge is 2.11. The molecule has 114 valence electrons. The van der Waals surface area contributed by atoms with Crippen LogP contribution in [0, 0.1) is 0 Å². The summed E-state index contributed by atoms with van der Waals surface area (Å²) >= 11 is 0. The Bertz CT molecular complexity index is 844. The van der Waals surface area contributed by atoms with Crippen molar-refractivity contribution in [2.75, 3.05) is 6.61 Å². The zero-order valence-electron chi connectivity index (χ0n) is 12.5. The van der Waals surface area contributed by atoms with Gasteiger partial charge in [-0.1, -0.05) is 44.4 Å². The van der Waals surface area contributed by atoms with Gasteiger partial charge in [0, 0.05) is 10.8 Å². The fraction of sp³-hybridized carbons (Fsp3) is 0.375. The molecule has 2 aromatic heterocycles. The molecule has 1 aromatic carbocycles. The summed E-state index contributed by atoms with van der Waals surface area (Å²) < 4.78 is 7.06. The third-order valence-corrected chi connectivity index (χ3v) is 3.56. The number of benzene rings is 1. The van der Waals surface area contributed by atoms with Gasteiger partial charge in [-0.25, -0.2) is 0 Å². The first-order chi connectivity index (χ1) is 10.8. The summed E-state index contributed by atoms with van der Waals surface area (Å²) in [5.41, 5.74) is 0.132. The number of ether oxygens (including phenoxy) is 1. The highest BCUT2D eigenvalue weighted by Crippen LogP contribution is 2.25. The molecule has 0 aliphatic carbocycles. The van der Waals surface area contributed by atoms with E-state index in [9.17, 15) is 4.79 Å². The number of hydrogen-bond donors (Lipinski definition) is 0. The van der Waals surface area contributed by atoms with Crippen LogP contribution in [0.25, 0.3) is 16.4 Å². The van der Waals surface area contributed by atoms with Crippen LogP contribution in [0.3, 0.4) is 0 Å². The average molecular weight is 298 g/mol. The first-order valence-electron chi connectivity index (χ1n) is 7.57. The lowest BCUT2D eigenvalue weighted by Gasteiger charge is -2.10. The molecule has 0 saturated carbocycles. The van der Waals surface area contributed by atoms with Crippen LogP contribution >= 0.6 is 0 Å². The lowest BCUT2D eigenvalue weighted by atomic mass is 10.2. The number of fused-ring (bicyclic) bond motifs is 3. The van der Waals surface area contributed by atoms with Crippen molar-refractivity contribution in [1.82, 2.24) is 19.8 Å². The van der Waals surface area contributed by atoms with Gasteiger partial charge in [-0.3, -0.25) is 4.79 Å². The molecule has 3 rings (SSSR count). The maximum absolute atomic E-state index is 11.9. The van der Waals surface area contributed by atoms with E-state index in [-0.39, 0.29) is 5.56 Å². The summed E-state index contributed by atoms with van der Waals surface area (Å²) in [6.07, 6.45) is 5.65. The van der Waals surface area contributed by atoms with Crippen molar-refractivity contribution in [3.63, 3.8) is 0 Å². The molecule has 0 saturated heterocycles. The summed E-state index contributed by atoms with van der Waals surface area (Å²) in [5.74, 6) is 0.467. The minimum atomic E-state index is -0.313. The molecule has 0 spiro atoms. The van der Waals surface area contributed by atoms with Gasteiger partial charge in [-0.15, -0.1) is 10.2 Å². The Labute approximate surface area is 127 Å². The van der Waals surface area contributed by atoms with Crippen molar-refractivity contribution in [2.45, 2.75) is 32.6 Å². The average Bonchev–Trinajstić information content (AvgIpc) is 2.55. The molecular formula is C16H18N4O2. The zero-order chi connectivity index (χ0) is 15.4. The maximum atomic E-state index is 11.9. The fourth-order valence-electron chi connectivity index (χ4n) is 2.41. The monoisotopic (exact) mass is 298 g/mol. The molecule has 0 unspecified atom stereocenters. The number of nitrogens with zero attached hydrogens (tertiary/aromatic N) is 4. The standard InChI is InChI=1S/C16H18N4O2/c1-2-3-4-7-10-22-16-13-9-6-5-8-12(13)15-18-17-11-14(21)20(15)19-16/h5-6,8-9,11H,2-4,7,10H2,1H3. The maximum Gasteiger partial charge on any atom is 0.293 e. The normalized spacial score (nSPS) is 11.1. The molecule has 0 fully saturated rings. The van der Waals surface area contributed by atoms with Crippen molar-refractivity contribution >= 4 is 16.4 Å². The van der Waals surface area contributed by atoms with Gasteiger partial charge < -0.3 is 4.74 Å². The topological polar surface area (TPSA) is 69.4 Å². The van der Waals surface area contributed by atoms with Crippen molar-refractivity contribution in [3.05, 3.63) is 40.8 Å². The van der Waals surface area contributed by atoms with Gasteiger partial charge in [0.25, 0.3) is 5.56 Å². The molecule has 0 bridgehead atoms. The molecule has 0 aliphatic rings. The Morgan fingerprint density at radius 2 is 1.95 bits per heavy atom. The Morgan fingerprint density at radius 3 is 2.77 bits per heavy atom. The number of hydrogen-bond acceptors (Lipinski definition) is 5. The Morgan fingerprint density at radius 1 is 1.14 bits per heavy atom. The first-order valence-corrected chi connectivity index (χ1v) is 7.57. The van der Waals surface area contributed by atoms with E-state index < -0.39 is 0 Å². The minimum Gasteiger partial charge on any atom is -0.476 e. The van der Waals surface area contributed by atoms with Crippen LogP contribution in [0.5, 0.6) is 5.88 Å². The summed E-state index contributed by atoms with van der Waals surface area (Å²) in [4.78, 5) is 11.9. The summed E-state index contributed by atoms with van der Waals surface area (Å²) in [6.45, 7) is 2.77. The van der Waals surface area contributed by atoms with Crippen molar-refractivity contribution in [2.24, 2.45) is 0 Å². The second-order valence-corrected chi connectivity index (χ2v) is 5.18. The second-order valence-electron chi connectivity index (χ2n) is 5.18. The molecule has 0 amide bonds. The van der Waals surface area contributed by atoms with E-state index in [1.165, 1.54) is 17.4 Å². The van der Waals surface area contributed by atoms with Crippen LogP contribution in [0.4, 0.5) is 0 Å². The number of aromatic nitrogens is 4. The smallest absolute Gasteiger partial charge is 0.293 e. The summed E-state index contributed by atoms with van der Waals surface area (Å²) in [5, 5.41) is 13.7. The molecule has 22 heavy (non-hydrogen) atoms. The van der Waals surface area contributed by atoms with Crippen molar-refractivity contribution in [1.29, 1.82) is 0 Å². The highest BCUT2D eigenvalue weighted by atomic mass is 16.5. The van der Waals surface area contributed by atoms with E-state index >= 15 is 0 Å². The molecule has 2 heterocycles. The lowest BCUT2D eigenvalue weighted by Crippen LogP contribution is -2.18. The quantitative estimate of drug-likeness (QED) is 0.517. The summed E-state index contributed by atoms with van der Waals surface area (Å²) in [7, 11) is 0. The highest BCUT2D eigenvalue weighted by molar-refractivity contribution is 5.96. The van der Waals surface area contributed by atoms with Crippen molar-refractivity contribution in [3.8, 4) is 5.88 Å². The summed E-state index contributed by atoms with van der Waals surface area (Å²) in [6, 6.07) is 7.62. The minimum absolute atomic E-state index is 0.313.